The summed E-state index contributed by atoms with van der Waals surface area (Å²) in [6, 6.07) is 13.8. The van der Waals surface area contributed by atoms with Gasteiger partial charge in [0.2, 0.25) is 5.91 Å². The van der Waals surface area contributed by atoms with Crippen molar-refractivity contribution in [2.24, 2.45) is 0 Å². The van der Waals surface area contributed by atoms with E-state index in [1.54, 1.807) is 10.7 Å². The molecule has 136 valence electrons. The topological polar surface area (TPSA) is 55.2 Å². The molecule has 1 saturated carbocycles. The van der Waals surface area contributed by atoms with E-state index in [1.807, 2.05) is 29.2 Å². The molecule has 0 spiro atoms. The van der Waals surface area contributed by atoms with Crippen LogP contribution in [-0.4, -0.2) is 33.7 Å². The normalized spacial score (nSPS) is 18.1. The minimum atomic E-state index is -0.0248. The van der Waals surface area contributed by atoms with E-state index in [0.717, 1.165) is 25.0 Å². The van der Waals surface area contributed by atoms with E-state index in [2.05, 4.69) is 17.2 Å². The first kappa shape index (κ1) is 17.0. The summed E-state index contributed by atoms with van der Waals surface area (Å²) in [6.07, 6.45) is 5.30. The summed E-state index contributed by atoms with van der Waals surface area (Å²) in [5, 5.41) is 4.60. The molecule has 26 heavy (non-hydrogen) atoms. The van der Waals surface area contributed by atoms with Crippen LogP contribution in [0, 0.1) is 0 Å². The fraction of sp³-hybridized carbons (Fsp3) is 0.476. The summed E-state index contributed by atoms with van der Waals surface area (Å²) in [4.78, 5) is 26.6. The highest BCUT2D eigenvalue weighted by atomic mass is 16.2. The quantitative estimate of drug-likeness (QED) is 0.832. The average Bonchev–Trinajstić information content (AvgIpc) is 3.53. The summed E-state index contributed by atoms with van der Waals surface area (Å²) >= 11 is 0. The fourth-order valence-corrected chi connectivity index (χ4v) is 3.71. The van der Waals surface area contributed by atoms with Crippen LogP contribution >= 0.6 is 0 Å². The molecule has 2 heterocycles. The number of hydrogen-bond donors (Lipinski definition) is 0. The van der Waals surface area contributed by atoms with Gasteiger partial charge in [-0.25, -0.2) is 4.68 Å². The lowest BCUT2D eigenvalue weighted by molar-refractivity contribution is -0.132. The maximum Gasteiger partial charge on any atom is 0.267 e. The number of aryl methyl sites for hydroxylation is 1. The first-order chi connectivity index (χ1) is 12.7. The molecule has 2 aromatic rings. The molecule has 1 aliphatic carbocycles. The van der Waals surface area contributed by atoms with Gasteiger partial charge in [0, 0.05) is 31.5 Å². The van der Waals surface area contributed by atoms with Crippen molar-refractivity contribution in [3.63, 3.8) is 0 Å². The minimum absolute atomic E-state index is 0.0248. The number of piperidine rings is 1. The van der Waals surface area contributed by atoms with Gasteiger partial charge in [0.1, 0.15) is 0 Å². The summed E-state index contributed by atoms with van der Waals surface area (Å²) < 4.78 is 1.67. The number of carbonyl (C=O) groups is 1. The molecule has 1 aromatic heterocycles. The molecule has 0 radical (unpaired) electrons. The first-order valence-electron chi connectivity index (χ1n) is 9.62. The molecule has 0 bridgehead atoms. The van der Waals surface area contributed by atoms with Crippen LogP contribution < -0.4 is 5.56 Å². The van der Waals surface area contributed by atoms with Crippen LogP contribution in [0.5, 0.6) is 0 Å². The number of aromatic nitrogens is 2. The summed E-state index contributed by atoms with van der Waals surface area (Å²) in [6.45, 7) is 1.42. The molecule has 5 heteroatoms. The highest BCUT2D eigenvalue weighted by Gasteiger charge is 2.28. The number of likely N-dealkylation sites (tertiary alicyclic amines) is 1. The number of amides is 1. The predicted octanol–water partition coefficient (Wildman–Crippen LogP) is 2.92. The Hall–Kier alpha value is -2.43. The zero-order chi connectivity index (χ0) is 17.9. The summed E-state index contributed by atoms with van der Waals surface area (Å²) in [5.74, 6) is 0.751. The molecular formula is C21H25N3O2. The molecule has 2 fully saturated rings. The summed E-state index contributed by atoms with van der Waals surface area (Å²) in [7, 11) is 0. The second-order valence-corrected chi connectivity index (χ2v) is 7.41. The minimum Gasteiger partial charge on any atom is -0.343 e. The van der Waals surface area contributed by atoms with Gasteiger partial charge in [-0.2, -0.15) is 5.10 Å². The van der Waals surface area contributed by atoms with Gasteiger partial charge in [0.25, 0.3) is 5.56 Å². The molecular weight excluding hydrogens is 326 g/mol. The second kappa shape index (κ2) is 7.44. The number of nitrogens with zero attached hydrogens (tertiary/aromatic N) is 3. The highest BCUT2D eigenvalue weighted by molar-refractivity contribution is 5.76. The number of rotatable bonds is 5. The zero-order valence-corrected chi connectivity index (χ0v) is 15.0. The molecule has 1 aliphatic heterocycles. The van der Waals surface area contributed by atoms with E-state index in [-0.39, 0.29) is 17.5 Å². The van der Waals surface area contributed by atoms with Gasteiger partial charge >= 0.3 is 0 Å². The maximum absolute atomic E-state index is 12.5. The van der Waals surface area contributed by atoms with Crippen LogP contribution in [0.4, 0.5) is 0 Å². The molecule has 5 nitrogen and oxygen atoms in total. The third kappa shape index (κ3) is 3.87. The Bertz CT molecular complexity index is 819. The van der Waals surface area contributed by atoms with Crippen molar-refractivity contribution in [2.45, 2.75) is 50.5 Å². The van der Waals surface area contributed by atoms with E-state index < -0.39 is 0 Å². The Morgan fingerprint density at radius 1 is 1.00 bits per heavy atom. The highest BCUT2D eigenvalue weighted by Crippen LogP contribution is 2.38. The Morgan fingerprint density at radius 2 is 1.73 bits per heavy atom. The molecule has 0 N–H and O–H groups in total. The van der Waals surface area contributed by atoms with Crippen molar-refractivity contribution >= 4 is 5.91 Å². The zero-order valence-electron chi connectivity index (χ0n) is 15.0. The van der Waals surface area contributed by atoms with Crippen molar-refractivity contribution in [3.05, 3.63) is 64.1 Å². The van der Waals surface area contributed by atoms with Crippen LogP contribution in [0.1, 0.15) is 55.3 Å². The monoisotopic (exact) mass is 351 g/mol. The molecule has 4 rings (SSSR count). The van der Waals surface area contributed by atoms with Crippen LogP contribution in [0.2, 0.25) is 0 Å². The molecule has 2 aliphatic rings. The van der Waals surface area contributed by atoms with Gasteiger partial charge in [-0.05, 0) is 43.7 Å². The molecule has 1 aromatic carbocycles. The van der Waals surface area contributed by atoms with Gasteiger partial charge in [0.05, 0.1) is 11.7 Å². The third-order valence-corrected chi connectivity index (χ3v) is 5.47. The van der Waals surface area contributed by atoms with E-state index in [1.165, 1.54) is 18.4 Å². The predicted molar refractivity (Wildman–Crippen MR) is 100 cm³/mol. The Labute approximate surface area is 153 Å². The van der Waals surface area contributed by atoms with Crippen LogP contribution in [0.15, 0.2) is 47.3 Å². The van der Waals surface area contributed by atoms with Crippen molar-refractivity contribution in [3.8, 4) is 0 Å². The molecule has 0 atom stereocenters. The number of benzene rings is 1. The lowest BCUT2D eigenvalue weighted by atomic mass is 10.0. The largest absolute Gasteiger partial charge is 0.343 e. The van der Waals surface area contributed by atoms with Crippen molar-refractivity contribution < 1.29 is 4.79 Å². The lowest BCUT2D eigenvalue weighted by Gasteiger charge is -2.32. The Balaban J connectivity index is 1.33. The van der Waals surface area contributed by atoms with Crippen LogP contribution in [-0.2, 0) is 11.2 Å². The van der Waals surface area contributed by atoms with Crippen molar-refractivity contribution in [2.75, 3.05) is 13.1 Å². The third-order valence-electron chi connectivity index (χ3n) is 5.47. The van der Waals surface area contributed by atoms with Gasteiger partial charge in [-0.3, -0.25) is 9.59 Å². The molecule has 0 unspecified atom stereocenters. The average molecular weight is 351 g/mol. The lowest BCUT2D eigenvalue weighted by Crippen LogP contribution is -2.41. The standard InChI is InChI=1S/C21H25N3O2/c25-20(10-6-16-4-2-1-3-5-16)23-14-12-18(13-15-23)24-21(26)11-9-19(22-24)17-7-8-17/h1-5,9,11,17-18H,6-8,10,12-15H2. The summed E-state index contributed by atoms with van der Waals surface area (Å²) in [5.41, 5.74) is 2.22. The Kier molecular flexibility index (Phi) is 4.87. The SMILES string of the molecule is O=C(CCc1ccccc1)N1CCC(n2nc(C3CC3)ccc2=O)CC1. The number of carbonyl (C=O) groups excluding carboxylic acids is 1. The van der Waals surface area contributed by atoms with Gasteiger partial charge in [-0.15, -0.1) is 0 Å². The van der Waals surface area contributed by atoms with E-state index in [0.29, 0.717) is 25.4 Å². The fourth-order valence-electron chi connectivity index (χ4n) is 3.71. The van der Waals surface area contributed by atoms with Crippen molar-refractivity contribution in [1.82, 2.24) is 14.7 Å². The first-order valence-corrected chi connectivity index (χ1v) is 9.62. The van der Waals surface area contributed by atoms with E-state index >= 15 is 0 Å². The smallest absolute Gasteiger partial charge is 0.267 e. The van der Waals surface area contributed by atoms with Crippen LogP contribution in [0.25, 0.3) is 0 Å². The molecule has 1 amide bonds. The number of hydrogen-bond acceptors (Lipinski definition) is 3. The van der Waals surface area contributed by atoms with Crippen LogP contribution in [0.3, 0.4) is 0 Å². The van der Waals surface area contributed by atoms with E-state index in [4.69, 9.17) is 0 Å². The van der Waals surface area contributed by atoms with Gasteiger partial charge in [0.15, 0.2) is 0 Å². The second-order valence-electron chi connectivity index (χ2n) is 7.41. The Morgan fingerprint density at radius 3 is 2.42 bits per heavy atom. The molecule has 1 saturated heterocycles. The van der Waals surface area contributed by atoms with Gasteiger partial charge < -0.3 is 4.90 Å². The van der Waals surface area contributed by atoms with Crippen molar-refractivity contribution in [1.29, 1.82) is 0 Å². The van der Waals surface area contributed by atoms with E-state index in [9.17, 15) is 9.59 Å². The maximum atomic E-state index is 12.5. The van der Waals surface area contributed by atoms with Gasteiger partial charge in [-0.1, -0.05) is 30.3 Å².